The van der Waals surface area contributed by atoms with Crippen LogP contribution in [-0.2, 0) is 4.79 Å². The van der Waals surface area contributed by atoms with E-state index < -0.39 is 0 Å². The van der Waals surface area contributed by atoms with Crippen molar-refractivity contribution in [2.45, 2.75) is 31.2 Å². The number of hydrogen-bond acceptors (Lipinski definition) is 3. The van der Waals surface area contributed by atoms with E-state index in [1.807, 2.05) is 6.07 Å². The number of piperidine rings is 1. The molecule has 0 saturated carbocycles. The summed E-state index contributed by atoms with van der Waals surface area (Å²) in [7, 11) is 0. The summed E-state index contributed by atoms with van der Waals surface area (Å²) in [5.41, 5.74) is 2.99. The molecule has 0 radical (unpaired) electrons. The number of likely N-dealkylation sites (tertiary alicyclic amines) is 1. The minimum Gasteiger partial charge on any atom is -0.337 e. The van der Waals surface area contributed by atoms with E-state index >= 15 is 0 Å². The highest BCUT2D eigenvalue weighted by Crippen LogP contribution is 2.48. The molecule has 2 aromatic rings. The van der Waals surface area contributed by atoms with E-state index in [1.54, 1.807) is 18.2 Å². The van der Waals surface area contributed by atoms with Crippen molar-refractivity contribution in [1.82, 2.24) is 4.90 Å². The molecule has 2 aromatic carbocycles. The summed E-state index contributed by atoms with van der Waals surface area (Å²) in [6, 6.07) is 11.8. The van der Waals surface area contributed by atoms with Gasteiger partial charge in [0.1, 0.15) is 17.9 Å². The van der Waals surface area contributed by atoms with Crippen LogP contribution in [0.3, 0.4) is 0 Å². The molecule has 2 atom stereocenters. The quantitative estimate of drug-likeness (QED) is 0.591. The smallest absolute Gasteiger partial charge is 0.123 e. The van der Waals surface area contributed by atoms with Crippen LogP contribution in [0.5, 0.6) is 0 Å². The zero-order valence-corrected chi connectivity index (χ0v) is 14.6. The Labute approximate surface area is 152 Å². The van der Waals surface area contributed by atoms with Crippen molar-refractivity contribution < 1.29 is 13.6 Å². The van der Waals surface area contributed by atoms with E-state index in [0.29, 0.717) is 6.42 Å². The number of carbonyl (C=O) groups is 1. The second-order valence-corrected chi connectivity index (χ2v) is 7.12. The average Bonchev–Trinajstić information content (AvgIpc) is 2.96. The number of unbranched alkanes of at least 4 members (excludes halogenated alkanes) is 1. The summed E-state index contributed by atoms with van der Waals surface area (Å²) < 4.78 is 27.3. The van der Waals surface area contributed by atoms with Gasteiger partial charge in [0, 0.05) is 42.8 Å². The molecule has 26 heavy (non-hydrogen) atoms. The number of nitrogens with zero attached hydrogens (tertiary/aromatic N) is 2. The van der Waals surface area contributed by atoms with Gasteiger partial charge in [0.2, 0.25) is 0 Å². The molecule has 5 heteroatoms. The molecular formula is C21H22F2N2O. The average molecular weight is 356 g/mol. The minimum atomic E-state index is -0.256. The van der Waals surface area contributed by atoms with Crippen LogP contribution in [0.2, 0.25) is 0 Å². The molecule has 0 spiro atoms. The number of anilines is 2. The van der Waals surface area contributed by atoms with Crippen LogP contribution in [0.15, 0.2) is 42.5 Å². The molecule has 136 valence electrons. The Kier molecular flexibility index (Phi) is 4.72. The lowest BCUT2D eigenvalue weighted by Gasteiger charge is -2.39. The fourth-order valence-corrected chi connectivity index (χ4v) is 4.38. The molecule has 1 fully saturated rings. The lowest BCUT2D eigenvalue weighted by Crippen LogP contribution is -2.45. The van der Waals surface area contributed by atoms with Gasteiger partial charge in [-0.05, 0) is 67.4 Å². The molecule has 0 aromatic heterocycles. The largest absolute Gasteiger partial charge is 0.337 e. The monoisotopic (exact) mass is 356 g/mol. The molecule has 0 aliphatic carbocycles. The first kappa shape index (κ1) is 17.2. The van der Waals surface area contributed by atoms with Gasteiger partial charge in [0.15, 0.2) is 0 Å². The summed E-state index contributed by atoms with van der Waals surface area (Å²) in [4.78, 5) is 15.2. The van der Waals surface area contributed by atoms with Gasteiger partial charge >= 0.3 is 0 Å². The van der Waals surface area contributed by atoms with Gasteiger partial charge in [-0.25, -0.2) is 8.78 Å². The lowest BCUT2D eigenvalue weighted by atomic mass is 9.89. The first-order chi connectivity index (χ1) is 12.7. The van der Waals surface area contributed by atoms with Crippen molar-refractivity contribution in [3.8, 4) is 0 Å². The third-order valence-corrected chi connectivity index (χ3v) is 5.54. The third-order valence-electron chi connectivity index (χ3n) is 5.54. The number of carbonyl (C=O) groups excluding carboxylic acids is 1. The van der Waals surface area contributed by atoms with Crippen molar-refractivity contribution in [2.75, 3.05) is 24.5 Å². The van der Waals surface area contributed by atoms with Crippen LogP contribution >= 0.6 is 0 Å². The van der Waals surface area contributed by atoms with Gasteiger partial charge in [0.25, 0.3) is 0 Å². The highest BCUT2D eigenvalue weighted by atomic mass is 19.1. The van der Waals surface area contributed by atoms with Crippen LogP contribution in [-0.4, -0.2) is 36.9 Å². The molecular weight excluding hydrogens is 334 g/mol. The summed E-state index contributed by atoms with van der Waals surface area (Å²) in [5.74, 6) is -0.258. The second kappa shape index (κ2) is 7.16. The highest BCUT2D eigenvalue weighted by Gasteiger charge is 2.42. The van der Waals surface area contributed by atoms with Crippen LogP contribution in [0, 0.1) is 11.6 Å². The SMILES string of the molecule is O=CCCCN1CCC2C(C1)c1cc(F)ccc1N2c1ccc(F)cc1. The number of fused-ring (bicyclic) bond motifs is 3. The molecule has 0 N–H and O–H groups in total. The Hall–Kier alpha value is -2.27. The first-order valence-corrected chi connectivity index (χ1v) is 9.17. The van der Waals surface area contributed by atoms with Crippen molar-refractivity contribution >= 4 is 17.7 Å². The molecule has 2 unspecified atom stereocenters. The van der Waals surface area contributed by atoms with E-state index in [2.05, 4.69) is 9.80 Å². The van der Waals surface area contributed by atoms with E-state index in [-0.39, 0.29) is 23.6 Å². The topological polar surface area (TPSA) is 23.6 Å². The predicted octanol–water partition coefficient (Wildman–Crippen LogP) is 4.25. The molecule has 2 aliphatic rings. The van der Waals surface area contributed by atoms with Gasteiger partial charge < -0.3 is 14.6 Å². The number of hydrogen-bond donors (Lipinski definition) is 0. The zero-order valence-electron chi connectivity index (χ0n) is 14.6. The fraction of sp³-hybridized carbons (Fsp3) is 0.381. The van der Waals surface area contributed by atoms with E-state index in [0.717, 1.165) is 55.7 Å². The van der Waals surface area contributed by atoms with Gasteiger partial charge in [-0.15, -0.1) is 0 Å². The van der Waals surface area contributed by atoms with Crippen LogP contribution in [0.4, 0.5) is 20.2 Å². The second-order valence-electron chi connectivity index (χ2n) is 7.12. The van der Waals surface area contributed by atoms with Gasteiger partial charge in [-0.3, -0.25) is 0 Å². The van der Waals surface area contributed by atoms with Crippen molar-refractivity contribution in [3.05, 3.63) is 59.7 Å². The van der Waals surface area contributed by atoms with Crippen LogP contribution < -0.4 is 4.90 Å². The highest BCUT2D eigenvalue weighted by molar-refractivity contribution is 5.73. The number of halogens is 2. The maximum atomic E-state index is 13.9. The van der Waals surface area contributed by atoms with Crippen molar-refractivity contribution in [3.63, 3.8) is 0 Å². The maximum absolute atomic E-state index is 13.9. The Morgan fingerprint density at radius 2 is 1.85 bits per heavy atom. The summed E-state index contributed by atoms with van der Waals surface area (Å²) in [6.07, 6.45) is 3.36. The van der Waals surface area contributed by atoms with E-state index in [1.165, 1.54) is 18.2 Å². The van der Waals surface area contributed by atoms with Crippen molar-refractivity contribution in [1.29, 1.82) is 0 Å². The normalized spacial score (nSPS) is 22.2. The first-order valence-electron chi connectivity index (χ1n) is 9.17. The molecule has 3 nitrogen and oxygen atoms in total. The van der Waals surface area contributed by atoms with Gasteiger partial charge in [-0.2, -0.15) is 0 Å². The van der Waals surface area contributed by atoms with Gasteiger partial charge in [0.05, 0.1) is 0 Å². The van der Waals surface area contributed by atoms with E-state index in [4.69, 9.17) is 0 Å². The Morgan fingerprint density at radius 3 is 2.62 bits per heavy atom. The number of aldehydes is 1. The molecule has 4 rings (SSSR count). The van der Waals surface area contributed by atoms with E-state index in [9.17, 15) is 13.6 Å². The maximum Gasteiger partial charge on any atom is 0.123 e. The fourth-order valence-electron chi connectivity index (χ4n) is 4.38. The van der Waals surface area contributed by atoms with Crippen molar-refractivity contribution in [2.24, 2.45) is 0 Å². The lowest BCUT2D eigenvalue weighted by molar-refractivity contribution is -0.108. The van der Waals surface area contributed by atoms with Crippen LogP contribution in [0.25, 0.3) is 0 Å². The summed E-state index contributed by atoms with van der Waals surface area (Å²) >= 11 is 0. The Balaban J connectivity index is 1.64. The molecule has 1 saturated heterocycles. The molecule has 0 amide bonds. The third kappa shape index (κ3) is 3.12. The van der Waals surface area contributed by atoms with Gasteiger partial charge in [-0.1, -0.05) is 0 Å². The minimum absolute atomic E-state index is 0.218. The summed E-state index contributed by atoms with van der Waals surface area (Å²) in [5, 5.41) is 0. The van der Waals surface area contributed by atoms with Crippen LogP contribution in [0.1, 0.15) is 30.7 Å². The predicted molar refractivity (Wildman–Crippen MR) is 97.8 cm³/mol. The molecule has 2 aliphatic heterocycles. The molecule has 2 heterocycles. The summed E-state index contributed by atoms with van der Waals surface area (Å²) in [6.45, 7) is 2.70. The Bertz CT molecular complexity index is 793. The zero-order chi connectivity index (χ0) is 18.1. The number of rotatable bonds is 5. The number of benzene rings is 2. The standard InChI is InChI=1S/C21H22F2N2O/c22-15-3-6-17(7-4-15)25-20-8-5-16(23)13-18(20)19-14-24(10-1-2-12-26)11-9-21(19)25/h3-8,12-13,19,21H,1-2,9-11,14H2. The molecule has 0 bridgehead atoms. The Morgan fingerprint density at radius 1 is 1.08 bits per heavy atom.